The van der Waals surface area contributed by atoms with Crippen molar-refractivity contribution < 1.29 is 4.79 Å². The van der Waals surface area contributed by atoms with E-state index in [0.29, 0.717) is 0 Å². The first-order chi connectivity index (χ1) is 8.75. The van der Waals surface area contributed by atoms with Crippen molar-refractivity contribution in [2.45, 2.75) is 19.8 Å². The van der Waals surface area contributed by atoms with Crippen LogP contribution in [0.25, 0.3) is 0 Å². The van der Waals surface area contributed by atoms with E-state index in [1.165, 1.54) is 11.1 Å². The molecular formula is C15H20N2O. The van der Waals surface area contributed by atoms with Crippen LogP contribution in [0.2, 0.25) is 0 Å². The predicted molar refractivity (Wildman–Crippen MR) is 73.7 cm³/mol. The van der Waals surface area contributed by atoms with Crippen molar-refractivity contribution in [1.29, 1.82) is 0 Å². The highest BCUT2D eigenvalue weighted by atomic mass is 16.1. The van der Waals surface area contributed by atoms with Gasteiger partial charge < -0.3 is 10.6 Å². The van der Waals surface area contributed by atoms with Crippen LogP contribution >= 0.6 is 0 Å². The minimum absolute atomic E-state index is 0.0181. The number of rotatable bonds is 4. The van der Waals surface area contributed by atoms with Gasteiger partial charge in [-0.1, -0.05) is 29.3 Å². The lowest BCUT2D eigenvalue weighted by molar-refractivity contribution is 0.0954. The Kier molecular flexibility index (Phi) is 4.53. The quantitative estimate of drug-likeness (QED) is 0.796. The summed E-state index contributed by atoms with van der Waals surface area (Å²) in [6.07, 6.45) is 4.28. The molecule has 18 heavy (non-hydrogen) atoms. The van der Waals surface area contributed by atoms with Crippen molar-refractivity contribution in [2.24, 2.45) is 0 Å². The molecule has 0 spiro atoms. The molecule has 96 valence electrons. The molecule has 3 nitrogen and oxygen atoms in total. The van der Waals surface area contributed by atoms with E-state index in [9.17, 15) is 4.79 Å². The summed E-state index contributed by atoms with van der Waals surface area (Å²) >= 11 is 0. The number of aryl methyl sites for hydroxylation is 1. The van der Waals surface area contributed by atoms with E-state index < -0.39 is 0 Å². The highest BCUT2D eigenvalue weighted by Gasteiger charge is 2.06. The number of carbonyl (C=O) groups is 1. The maximum atomic E-state index is 11.9. The van der Waals surface area contributed by atoms with Crippen LogP contribution in [0.1, 0.15) is 28.8 Å². The number of amides is 1. The van der Waals surface area contributed by atoms with Gasteiger partial charge in [0.05, 0.1) is 0 Å². The number of nitrogens with one attached hydrogen (secondary N) is 2. The SMILES string of the molecule is Cc1ccc(C(=O)NCCC2=CCNCC2)cc1. The molecule has 2 rings (SSSR count). The van der Waals surface area contributed by atoms with Gasteiger partial charge in [0, 0.05) is 18.7 Å². The molecule has 1 aliphatic rings. The van der Waals surface area contributed by atoms with Gasteiger partial charge in [0.25, 0.3) is 5.91 Å². The first-order valence-electron chi connectivity index (χ1n) is 6.49. The first-order valence-corrected chi connectivity index (χ1v) is 6.49. The summed E-state index contributed by atoms with van der Waals surface area (Å²) in [6, 6.07) is 7.66. The van der Waals surface area contributed by atoms with E-state index in [1.807, 2.05) is 31.2 Å². The second kappa shape index (κ2) is 6.36. The lowest BCUT2D eigenvalue weighted by atomic mass is 10.1. The molecule has 1 amide bonds. The Morgan fingerprint density at radius 2 is 2.11 bits per heavy atom. The van der Waals surface area contributed by atoms with Crippen LogP contribution in [0.3, 0.4) is 0 Å². The van der Waals surface area contributed by atoms with Crippen molar-refractivity contribution in [3.05, 3.63) is 47.0 Å². The molecule has 0 fully saturated rings. The minimum Gasteiger partial charge on any atom is -0.352 e. The van der Waals surface area contributed by atoms with Gasteiger partial charge in [0.1, 0.15) is 0 Å². The standard InChI is InChI=1S/C15H20N2O/c1-12-2-4-14(5-3-12)15(18)17-11-8-13-6-9-16-10-7-13/h2-6,16H,7-11H2,1H3,(H,17,18). The summed E-state index contributed by atoms with van der Waals surface area (Å²) in [7, 11) is 0. The average Bonchev–Trinajstić information content (AvgIpc) is 2.40. The first kappa shape index (κ1) is 12.8. The maximum absolute atomic E-state index is 11.9. The van der Waals surface area contributed by atoms with Crippen LogP contribution in [0.5, 0.6) is 0 Å². The molecule has 0 aromatic heterocycles. The lowest BCUT2D eigenvalue weighted by Crippen LogP contribution is -2.26. The Labute approximate surface area is 108 Å². The molecule has 0 bridgehead atoms. The summed E-state index contributed by atoms with van der Waals surface area (Å²) in [5, 5.41) is 6.25. The fourth-order valence-corrected chi connectivity index (χ4v) is 2.04. The smallest absolute Gasteiger partial charge is 0.251 e. The average molecular weight is 244 g/mol. The third-order valence-corrected chi connectivity index (χ3v) is 3.20. The summed E-state index contributed by atoms with van der Waals surface area (Å²) in [4.78, 5) is 11.9. The van der Waals surface area contributed by atoms with Gasteiger partial charge in [-0.2, -0.15) is 0 Å². The molecule has 0 atom stereocenters. The summed E-state index contributed by atoms with van der Waals surface area (Å²) in [6.45, 7) is 4.75. The van der Waals surface area contributed by atoms with Crippen LogP contribution in [0.15, 0.2) is 35.9 Å². The van der Waals surface area contributed by atoms with Gasteiger partial charge in [-0.15, -0.1) is 0 Å². The highest BCUT2D eigenvalue weighted by molar-refractivity contribution is 5.94. The van der Waals surface area contributed by atoms with Crippen LogP contribution in [-0.4, -0.2) is 25.5 Å². The van der Waals surface area contributed by atoms with E-state index in [-0.39, 0.29) is 5.91 Å². The minimum atomic E-state index is 0.0181. The second-order valence-electron chi connectivity index (χ2n) is 4.69. The zero-order valence-corrected chi connectivity index (χ0v) is 10.8. The highest BCUT2D eigenvalue weighted by Crippen LogP contribution is 2.08. The summed E-state index contributed by atoms with van der Waals surface area (Å²) in [5.41, 5.74) is 3.35. The van der Waals surface area contributed by atoms with Crippen LogP contribution in [0, 0.1) is 6.92 Å². The van der Waals surface area contributed by atoms with Crippen molar-refractivity contribution in [3.63, 3.8) is 0 Å². The molecule has 0 aliphatic carbocycles. The molecule has 0 saturated heterocycles. The van der Waals surface area contributed by atoms with E-state index in [1.54, 1.807) is 0 Å². The largest absolute Gasteiger partial charge is 0.352 e. The monoisotopic (exact) mass is 244 g/mol. The molecule has 1 aromatic rings. The van der Waals surface area contributed by atoms with Gasteiger partial charge in [-0.3, -0.25) is 4.79 Å². The van der Waals surface area contributed by atoms with Gasteiger partial charge >= 0.3 is 0 Å². The second-order valence-corrected chi connectivity index (χ2v) is 4.69. The Morgan fingerprint density at radius 3 is 2.78 bits per heavy atom. The molecule has 0 saturated carbocycles. The zero-order valence-electron chi connectivity index (χ0n) is 10.8. The third-order valence-electron chi connectivity index (χ3n) is 3.20. The van der Waals surface area contributed by atoms with Crippen molar-refractivity contribution >= 4 is 5.91 Å². The van der Waals surface area contributed by atoms with E-state index >= 15 is 0 Å². The molecule has 1 aliphatic heterocycles. The van der Waals surface area contributed by atoms with Crippen molar-refractivity contribution in [1.82, 2.24) is 10.6 Å². The van der Waals surface area contributed by atoms with Gasteiger partial charge in [0.2, 0.25) is 0 Å². The normalized spacial score (nSPS) is 15.1. The summed E-state index contributed by atoms with van der Waals surface area (Å²) < 4.78 is 0. The number of benzene rings is 1. The number of carbonyl (C=O) groups excluding carboxylic acids is 1. The van der Waals surface area contributed by atoms with Crippen LogP contribution < -0.4 is 10.6 Å². The van der Waals surface area contributed by atoms with Gasteiger partial charge in [-0.05, 0) is 38.4 Å². The topological polar surface area (TPSA) is 41.1 Å². The fraction of sp³-hybridized carbons (Fsp3) is 0.400. The molecule has 0 radical (unpaired) electrons. The van der Waals surface area contributed by atoms with E-state index in [2.05, 4.69) is 16.7 Å². The molecule has 0 unspecified atom stereocenters. The Hall–Kier alpha value is -1.61. The van der Waals surface area contributed by atoms with Crippen molar-refractivity contribution in [2.75, 3.05) is 19.6 Å². The van der Waals surface area contributed by atoms with Crippen molar-refractivity contribution in [3.8, 4) is 0 Å². The van der Waals surface area contributed by atoms with E-state index in [4.69, 9.17) is 0 Å². The lowest BCUT2D eigenvalue weighted by Gasteiger charge is -2.14. The molecule has 2 N–H and O–H groups in total. The molecule has 3 heteroatoms. The van der Waals surface area contributed by atoms with Gasteiger partial charge in [-0.25, -0.2) is 0 Å². The van der Waals surface area contributed by atoms with E-state index in [0.717, 1.165) is 38.0 Å². The Morgan fingerprint density at radius 1 is 1.33 bits per heavy atom. The molecular weight excluding hydrogens is 224 g/mol. The number of hydrogen-bond acceptors (Lipinski definition) is 2. The van der Waals surface area contributed by atoms with Crippen LogP contribution in [0.4, 0.5) is 0 Å². The maximum Gasteiger partial charge on any atom is 0.251 e. The van der Waals surface area contributed by atoms with Gasteiger partial charge in [0.15, 0.2) is 0 Å². The number of hydrogen-bond donors (Lipinski definition) is 2. The fourth-order valence-electron chi connectivity index (χ4n) is 2.04. The summed E-state index contributed by atoms with van der Waals surface area (Å²) in [5.74, 6) is 0.0181. The Balaban J connectivity index is 1.78. The third kappa shape index (κ3) is 3.70. The Bertz CT molecular complexity index is 434. The molecule has 1 aromatic carbocycles. The van der Waals surface area contributed by atoms with Crippen LogP contribution in [-0.2, 0) is 0 Å². The predicted octanol–water partition coefficient (Wildman–Crippen LogP) is 2.03. The zero-order chi connectivity index (χ0) is 12.8. The molecule has 1 heterocycles.